The monoisotopic (exact) mass is 252 g/mol. The van der Waals surface area contributed by atoms with Crippen molar-refractivity contribution in [1.82, 2.24) is 0 Å². The van der Waals surface area contributed by atoms with E-state index in [0.29, 0.717) is 5.56 Å². The lowest BCUT2D eigenvalue weighted by Gasteiger charge is -2.16. The quantitative estimate of drug-likeness (QED) is 0.860. The highest BCUT2D eigenvalue weighted by atomic mass is 19.4. The molecule has 2 rings (SSSR count). The number of benzene rings is 2. The van der Waals surface area contributed by atoms with E-state index in [1.807, 2.05) is 0 Å². The fourth-order valence-electron chi connectivity index (χ4n) is 1.92. The van der Waals surface area contributed by atoms with Gasteiger partial charge < -0.3 is 5.11 Å². The highest BCUT2D eigenvalue weighted by Crippen LogP contribution is 2.39. The summed E-state index contributed by atoms with van der Waals surface area (Å²) in [5.74, 6) is 0. The van der Waals surface area contributed by atoms with Gasteiger partial charge in [0.05, 0.1) is 12.2 Å². The first-order valence-electron chi connectivity index (χ1n) is 5.39. The predicted octanol–water partition coefficient (Wildman–Crippen LogP) is 3.86. The zero-order chi connectivity index (χ0) is 13.2. The minimum atomic E-state index is -4.48. The van der Waals surface area contributed by atoms with Crippen molar-refractivity contribution in [3.8, 4) is 11.1 Å². The average molecular weight is 252 g/mol. The van der Waals surface area contributed by atoms with E-state index in [1.54, 1.807) is 30.3 Å². The summed E-state index contributed by atoms with van der Waals surface area (Å²) < 4.78 is 39.2. The Kier molecular flexibility index (Phi) is 3.39. The molecule has 0 aliphatic rings. The van der Waals surface area contributed by atoms with Crippen LogP contribution in [0.25, 0.3) is 11.1 Å². The molecular weight excluding hydrogens is 241 g/mol. The fourth-order valence-corrected chi connectivity index (χ4v) is 1.92. The minimum absolute atomic E-state index is 0.0923. The van der Waals surface area contributed by atoms with Gasteiger partial charge in [0.2, 0.25) is 0 Å². The van der Waals surface area contributed by atoms with Crippen LogP contribution in [-0.4, -0.2) is 5.11 Å². The highest BCUT2D eigenvalue weighted by Gasteiger charge is 2.36. The van der Waals surface area contributed by atoms with Crippen molar-refractivity contribution in [1.29, 1.82) is 0 Å². The van der Waals surface area contributed by atoms with Crippen molar-refractivity contribution < 1.29 is 18.3 Å². The van der Waals surface area contributed by atoms with Gasteiger partial charge in [-0.15, -0.1) is 0 Å². The van der Waals surface area contributed by atoms with Gasteiger partial charge in [0.25, 0.3) is 0 Å². The van der Waals surface area contributed by atoms with Crippen LogP contribution < -0.4 is 0 Å². The zero-order valence-electron chi connectivity index (χ0n) is 9.41. The van der Waals surface area contributed by atoms with E-state index in [4.69, 9.17) is 5.11 Å². The number of aliphatic hydroxyl groups excluding tert-OH is 1. The van der Waals surface area contributed by atoms with Crippen molar-refractivity contribution in [2.24, 2.45) is 0 Å². The van der Waals surface area contributed by atoms with Crippen LogP contribution in [0, 0.1) is 0 Å². The molecule has 0 amide bonds. The largest absolute Gasteiger partial charge is 0.417 e. The lowest BCUT2D eigenvalue weighted by Crippen LogP contribution is -2.11. The van der Waals surface area contributed by atoms with Crippen LogP contribution in [0.5, 0.6) is 0 Å². The molecule has 0 unspecified atom stereocenters. The van der Waals surface area contributed by atoms with Crippen LogP contribution in [0.4, 0.5) is 13.2 Å². The van der Waals surface area contributed by atoms with Crippen molar-refractivity contribution in [3.05, 3.63) is 59.7 Å². The smallest absolute Gasteiger partial charge is 0.392 e. The first kappa shape index (κ1) is 12.6. The first-order valence-corrected chi connectivity index (χ1v) is 5.39. The third-order valence-electron chi connectivity index (χ3n) is 2.69. The van der Waals surface area contributed by atoms with Crippen molar-refractivity contribution in [2.75, 3.05) is 0 Å². The SMILES string of the molecule is OCc1cccc(-c2ccccc2)c1C(F)(F)F. The topological polar surface area (TPSA) is 20.2 Å². The Bertz CT molecular complexity index is 532. The third-order valence-corrected chi connectivity index (χ3v) is 2.69. The molecule has 4 heteroatoms. The Morgan fingerprint density at radius 1 is 0.889 bits per heavy atom. The molecule has 0 atom stereocenters. The van der Waals surface area contributed by atoms with E-state index in [1.165, 1.54) is 18.2 Å². The Balaban J connectivity index is 2.68. The maximum Gasteiger partial charge on any atom is 0.417 e. The molecule has 0 aliphatic carbocycles. The summed E-state index contributed by atoms with van der Waals surface area (Å²) in [5, 5.41) is 9.05. The third kappa shape index (κ3) is 2.38. The molecule has 0 aromatic heterocycles. The molecule has 2 aromatic rings. The second-order valence-electron chi connectivity index (χ2n) is 3.86. The number of alkyl halides is 3. The minimum Gasteiger partial charge on any atom is -0.392 e. The lowest BCUT2D eigenvalue weighted by molar-refractivity contribution is -0.138. The molecule has 0 saturated carbocycles. The molecule has 0 radical (unpaired) electrons. The van der Waals surface area contributed by atoms with E-state index in [0.717, 1.165) is 0 Å². The van der Waals surface area contributed by atoms with E-state index >= 15 is 0 Å². The van der Waals surface area contributed by atoms with Crippen molar-refractivity contribution in [2.45, 2.75) is 12.8 Å². The Morgan fingerprint density at radius 3 is 2.11 bits per heavy atom. The maximum atomic E-state index is 13.1. The number of rotatable bonds is 2. The molecule has 2 aromatic carbocycles. The van der Waals surface area contributed by atoms with Crippen molar-refractivity contribution >= 4 is 0 Å². The van der Waals surface area contributed by atoms with Gasteiger partial charge in [-0.1, -0.05) is 48.5 Å². The van der Waals surface area contributed by atoms with Crippen LogP contribution in [0.3, 0.4) is 0 Å². The van der Waals surface area contributed by atoms with Crippen molar-refractivity contribution in [3.63, 3.8) is 0 Å². The van der Waals surface area contributed by atoms with Crippen LogP contribution in [0.2, 0.25) is 0 Å². The Hall–Kier alpha value is -1.81. The van der Waals surface area contributed by atoms with Gasteiger partial charge in [-0.25, -0.2) is 0 Å². The summed E-state index contributed by atoms with van der Waals surface area (Å²) in [6.07, 6.45) is -4.48. The molecule has 0 heterocycles. The molecule has 18 heavy (non-hydrogen) atoms. The lowest BCUT2D eigenvalue weighted by atomic mass is 9.95. The molecule has 0 saturated heterocycles. The predicted molar refractivity (Wildman–Crippen MR) is 62.8 cm³/mol. The van der Waals surface area contributed by atoms with Gasteiger partial charge in [-0.05, 0) is 16.7 Å². The van der Waals surface area contributed by atoms with E-state index in [9.17, 15) is 13.2 Å². The highest BCUT2D eigenvalue weighted by molar-refractivity contribution is 5.69. The van der Waals surface area contributed by atoms with E-state index in [-0.39, 0.29) is 11.1 Å². The van der Waals surface area contributed by atoms with Gasteiger partial charge in [0, 0.05) is 0 Å². The van der Waals surface area contributed by atoms with Crippen LogP contribution in [0.15, 0.2) is 48.5 Å². The number of hydrogen-bond donors (Lipinski definition) is 1. The summed E-state index contributed by atoms with van der Waals surface area (Å²) in [4.78, 5) is 0. The molecule has 94 valence electrons. The van der Waals surface area contributed by atoms with Gasteiger partial charge in [-0.2, -0.15) is 13.2 Å². The second kappa shape index (κ2) is 4.82. The standard InChI is InChI=1S/C14H11F3O/c15-14(16,17)13-11(9-18)7-4-8-12(13)10-5-2-1-3-6-10/h1-8,18H,9H2. The molecule has 0 aliphatic heterocycles. The van der Waals surface area contributed by atoms with Gasteiger partial charge in [0.15, 0.2) is 0 Å². The summed E-state index contributed by atoms with van der Waals surface area (Å²) in [7, 11) is 0. The summed E-state index contributed by atoms with van der Waals surface area (Å²) in [6, 6.07) is 12.6. The zero-order valence-corrected chi connectivity index (χ0v) is 9.41. The fraction of sp³-hybridized carbons (Fsp3) is 0.143. The van der Waals surface area contributed by atoms with Gasteiger partial charge in [0.1, 0.15) is 0 Å². The van der Waals surface area contributed by atoms with Crippen LogP contribution in [0.1, 0.15) is 11.1 Å². The van der Waals surface area contributed by atoms with E-state index in [2.05, 4.69) is 0 Å². The maximum absolute atomic E-state index is 13.1. The average Bonchev–Trinajstić information content (AvgIpc) is 2.38. The second-order valence-corrected chi connectivity index (χ2v) is 3.86. The number of hydrogen-bond acceptors (Lipinski definition) is 1. The van der Waals surface area contributed by atoms with E-state index < -0.39 is 18.3 Å². The Morgan fingerprint density at radius 2 is 1.56 bits per heavy atom. The van der Waals surface area contributed by atoms with Crippen LogP contribution >= 0.6 is 0 Å². The van der Waals surface area contributed by atoms with Crippen LogP contribution in [-0.2, 0) is 12.8 Å². The number of aliphatic hydroxyl groups is 1. The first-order chi connectivity index (χ1) is 8.54. The molecule has 0 bridgehead atoms. The molecule has 1 nitrogen and oxygen atoms in total. The normalized spacial score (nSPS) is 11.6. The number of halogens is 3. The molecule has 0 spiro atoms. The molecule has 1 N–H and O–H groups in total. The summed E-state index contributed by atoms with van der Waals surface area (Å²) in [6.45, 7) is -0.629. The van der Waals surface area contributed by atoms with Gasteiger partial charge >= 0.3 is 6.18 Å². The summed E-state index contributed by atoms with van der Waals surface area (Å²) >= 11 is 0. The summed E-state index contributed by atoms with van der Waals surface area (Å²) in [5.41, 5.74) is -0.294. The van der Waals surface area contributed by atoms with Gasteiger partial charge in [-0.3, -0.25) is 0 Å². The molecule has 0 fully saturated rings. The molecular formula is C14H11F3O. The Labute approximate surface area is 103 Å².